The number of halogens is 3. The average Bonchev–Trinajstić information content (AvgIpc) is 3.15. The first-order chi connectivity index (χ1) is 13.8. The molecule has 7 heteroatoms. The number of carbonyl (C=O) groups is 1. The Morgan fingerprint density at radius 3 is 2.66 bits per heavy atom. The van der Waals surface area contributed by atoms with E-state index in [9.17, 15) is 18.0 Å². The summed E-state index contributed by atoms with van der Waals surface area (Å²) in [7, 11) is 0. The zero-order valence-corrected chi connectivity index (χ0v) is 15.3. The number of nitrogens with one attached hydrogen (secondary N) is 2. The topological polar surface area (TPSA) is 57.8 Å². The minimum atomic E-state index is -4.47. The number of aromatic amines is 1. The fourth-order valence-electron chi connectivity index (χ4n) is 3.16. The van der Waals surface area contributed by atoms with E-state index in [1.165, 1.54) is 12.1 Å². The molecular weight excluding hydrogens is 379 g/mol. The highest BCUT2D eigenvalue weighted by Gasteiger charge is 2.30. The first-order valence-corrected chi connectivity index (χ1v) is 8.84. The quantitative estimate of drug-likeness (QED) is 0.460. The molecule has 0 saturated heterocycles. The van der Waals surface area contributed by atoms with Gasteiger partial charge in [0.05, 0.1) is 17.3 Å². The van der Waals surface area contributed by atoms with Crippen LogP contribution in [0.3, 0.4) is 0 Å². The number of fused-ring (bicyclic) bond motifs is 1. The minimum absolute atomic E-state index is 0.0887. The molecule has 0 atom stereocenters. The number of amides is 1. The van der Waals surface area contributed by atoms with Crippen molar-refractivity contribution < 1.29 is 18.0 Å². The molecule has 0 radical (unpaired) electrons. The number of H-pyrrole nitrogens is 1. The van der Waals surface area contributed by atoms with Crippen molar-refractivity contribution in [1.29, 1.82) is 0 Å². The molecule has 146 valence electrons. The van der Waals surface area contributed by atoms with Gasteiger partial charge in [-0.25, -0.2) is 0 Å². The molecule has 4 nitrogen and oxygen atoms in total. The monoisotopic (exact) mass is 395 g/mol. The molecule has 0 fully saturated rings. The number of aromatic nitrogens is 2. The molecule has 0 spiro atoms. The molecule has 1 aromatic heterocycles. The molecule has 0 aliphatic heterocycles. The second-order valence-corrected chi connectivity index (χ2v) is 6.73. The van der Waals surface area contributed by atoms with E-state index in [0.717, 1.165) is 39.7 Å². The fraction of sp³-hybridized carbons (Fsp3) is 0.0909. The van der Waals surface area contributed by atoms with E-state index in [1.54, 1.807) is 18.3 Å². The van der Waals surface area contributed by atoms with Gasteiger partial charge in [-0.2, -0.15) is 18.3 Å². The first kappa shape index (κ1) is 18.7. The molecular formula is C22H16F3N3O. The molecule has 3 aromatic carbocycles. The molecule has 1 amide bonds. The van der Waals surface area contributed by atoms with E-state index in [-0.39, 0.29) is 5.69 Å². The number of carbonyl (C=O) groups excluding carboxylic acids is 1. The number of hydrogen-bond acceptors (Lipinski definition) is 2. The summed E-state index contributed by atoms with van der Waals surface area (Å²) in [5.74, 6) is -0.479. The van der Waals surface area contributed by atoms with Crippen LogP contribution in [-0.2, 0) is 6.18 Å². The Balaban J connectivity index is 1.64. The zero-order chi connectivity index (χ0) is 20.6. The van der Waals surface area contributed by atoms with Crippen LogP contribution in [0.15, 0.2) is 66.9 Å². The summed E-state index contributed by atoms with van der Waals surface area (Å²) in [5, 5.41) is 10.4. The zero-order valence-electron chi connectivity index (χ0n) is 15.3. The highest BCUT2D eigenvalue weighted by molar-refractivity contribution is 6.05. The van der Waals surface area contributed by atoms with E-state index in [1.807, 2.05) is 31.2 Å². The van der Waals surface area contributed by atoms with Crippen LogP contribution in [-0.4, -0.2) is 16.1 Å². The van der Waals surface area contributed by atoms with Gasteiger partial charge in [-0.3, -0.25) is 9.89 Å². The van der Waals surface area contributed by atoms with Gasteiger partial charge in [0.15, 0.2) is 0 Å². The van der Waals surface area contributed by atoms with Crippen LogP contribution in [0.1, 0.15) is 21.5 Å². The lowest BCUT2D eigenvalue weighted by molar-refractivity contribution is -0.137. The molecule has 0 saturated carbocycles. The number of alkyl halides is 3. The summed E-state index contributed by atoms with van der Waals surface area (Å²) in [6, 6.07) is 15.6. The maximum absolute atomic E-state index is 12.9. The lowest BCUT2D eigenvalue weighted by atomic mass is 9.97. The molecule has 1 heterocycles. The van der Waals surface area contributed by atoms with Crippen molar-refractivity contribution in [1.82, 2.24) is 10.2 Å². The summed E-state index contributed by atoms with van der Waals surface area (Å²) in [5.41, 5.74) is 3.25. The van der Waals surface area contributed by atoms with Gasteiger partial charge in [-0.15, -0.1) is 0 Å². The number of nitrogens with zero attached hydrogens (tertiary/aromatic N) is 1. The van der Waals surface area contributed by atoms with E-state index in [4.69, 9.17) is 0 Å². The van der Waals surface area contributed by atoms with Crippen molar-refractivity contribution in [2.75, 3.05) is 5.32 Å². The second-order valence-electron chi connectivity index (χ2n) is 6.73. The van der Waals surface area contributed by atoms with Gasteiger partial charge in [0.25, 0.3) is 5.91 Å². The lowest BCUT2D eigenvalue weighted by Crippen LogP contribution is -2.13. The lowest BCUT2D eigenvalue weighted by Gasteiger charge is -2.12. The highest BCUT2D eigenvalue weighted by Crippen LogP contribution is 2.31. The number of aryl methyl sites for hydroxylation is 1. The third kappa shape index (κ3) is 3.85. The Kier molecular flexibility index (Phi) is 4.58. The van der Waals surface area contributed by atoms with Crippen molar-refractivity contribution in [3.8, 4) is 11.1 Å². The molecule has 2 N–H and O–H groups in total. The fourth-order valence-corrected chi connectivity index (χ4v) is 3.16. The Morgan fingerprint density at radius 2 is 1.86 bits per heavy atom. The van der Waals surface area contributed by atoms with Gasteiger partial charge in [-0.05, 0) is 60.0 Å². The number of rotatable bonds is 3. The standard InChI is InChI=1S/C22H16F3N3O/c1-13-5-6-15(9-19(13)14-7-8-16-12-26-28-20(16)10-14)21(29)27-18-4-2-3-17(11-18)22(23,24)25/h2-12H,1H3,(H,26,28)(H,27,29). The SMILES string of the molecule is Cc1ccc(C(=O)Nc2cccc(C(F)(F)F)c2)cc1-c1ccc2cn[nH]c2c1. The number of hydrogen-bond donors (Lipinski definition) is 2. The van der Waals surface area contributed by atoms with Crippen molar-refractivity contribution >= 4 is 22.5 Å². The van der Waals surface area contributed by atoms with E-state index in [2.05, 4.69) is 15.5 Å². The minimum Gasteiger partial charge on any atom is -0.322 e. The van der Waals surface area contributed by atoms with E-state index >= 15 is 0 Å². The Morgan fingerprint density at radius 1 is 1.03 bits per heavy atom. The Hall–Kier alpha value is -3.61. The van der Waals surface area contributed by atoms with E-state index < -0.39 is 17.6 Å². The third-order valence-corrected chi connectivity index (χ3v) is 4.70. The average molecular weight is 395 g/mol. The van der Waals surface area contributed by atoms with Crippen LogP contribution in [0.5, 0.6) is 0 Å². The second kappa shape index (κ2) is 7.09. The van der Waals surface area contributed by atoms with Crippen LogP contribution >= 0.6 is 0 Å². The molecule has 0 aliphatic rings. The highest BCUT2D eigenvalue weighted by atomic mass is 19.4. The molecule has 0 unspecified atom stereocenters. The molecule has 29 heavy (non-hydrogen) atoms. The number of anilines is 1. The van der Waals surface area contributed by atoms with E-state index in [0.29, 0.717) is 5.56 Å². The Labute approximate surface area is 164 Å². The summed E-state index contributed by atoms with van der Waals surface area (Å²) in [6.45, 7) is 1.93. The van der Waals surface area contributed by atoms with Crippen molar-refractivity contribution in [2.45, 2.75) is 13.1 Å². The molecule has 4 aromatic rings. The summed E-state index contributed by atoms with van der Waals surface area (Å²) >= 11 is 0. The number of benzene rings is 3. The van der Waals surface area contributed by atoms with Gasteiger partial charge >= 0.3 is 6.18 Å². The predicted molar refractivity (Wildman–Crippen MR) is 106 cm³/mol. The largest absolute Gasteiger partial charge is 0.416 e. The first-order valence-electron chi connectivity index (χ1n) is 8.84. The maximum Gasteiger partial charge on any atom is 0.416 e. The van der Waals surface area contributed by atoms with Gasteiger partial charge in [0, 0.05) is 16.6 Å². The Bertz CT molecular complexity index is 1210. The smallest absolute Gasteiger partial charge is 0.322 e. The molecule has 0 aliphatic carbocycles. The third-order valence-electron chi connectivity index (χ3n) is 4.70. The van der Waals surface area contributed by atoms with Gasteiger partial charge in [-0.1, -0.05) is 24.3 Å². The van der Waals surface area contributed by atoms with Gasteiger partial charge in [0.2, 0.25) is 0 Å². The van der Waals surface area contributed by atoms with Crippen LogP contribution in [0.2, 0.25) is 0 Å². The summed E-state index contributed by atoms with van der Waals surface area (Å²) in [6.07, 6.45) is -2.74. The van der Waals surface area contributed by atoms with Crippen LogP contribution in [0.4, 0.5) is 18.9 Å². The summed E-state index contributed by atoms with van der Waals surface area (Å²) < 4.78 is 38.6. The van der Waals surface area contributed by atoms with Gasteiger partial charge < -0.3 is 5.32 Å². The molecule has 0 bridgehead atoms. The van der Waals surface area contributed by atoms with Crippen molar-refractivity contribution in [3.05, 3.63) is 83.6 Å². The maximum atomic E-state index is 12.9. The summed E-state index contributed by atoms with van der Waals surface area (Å²) in [4.78, 5) is 12.6. The predicted octanol–water partition coefficient (Wildman–Crippen LogP) is 5.81. The molecule has 4 rings (SSSR count). The van der Waals surface area contributed by atoms with Crippen molar-refractivity contribution in [2.24, 2.45) is 0 Å². The van der Waals surface area contributed by atoms with Crippen molar-refractivity contribution in [3.63, 3.8) is 0 Å². The van der Waals surface area contributed by atoms with Crippen LogP contribution in [0, 0.1) is 6.92 Å². The van der Waals surface area contributed by atoms with Crippen LogP contribution < -0.4 is 5.32 Å². The van der Waals surface area contributed by atoms with Crippen LogP contribution in [0.25, 0.3) is 22.0 Å². The van der Waals surface area contributed by atoms with Gasteiger partial charge in [0.1, 0.15) is 0 Å². The normalized spacial score (nSPS) is 11.6.